The van der Waals surface area contributed by atoms with Crippen molar-refractivity contribution in [3.05, 3.63) is 33.9 Å². The smallest absolute Gasteiger partial charge is 0.331 e. The molecule has 0 spiro atoms. The number of nitrogens with one attached hydrogen (secondary N) is 1. The summed E-state index contributed by atoms with van der Waals surface area (Å²) in [7, 11) is 1.28. The van der Waals surface area contributed by atoms with E-state index in [1.54, 1.807) is 0 Å². The Hall–Kier alpha value is -2.62. The molecular formula is C18H23N3O6S. The summed E-state index contributed by atoms with van der Waals surface area (Å²) in [5, 5.41) is 14.0. The lowest BCUT2D eigenvalue weighted by atomic mass is 9.77. The first-order valence-corrected chi connectivity index (χ1v) is 9.77. The molecule has 1 aromatic rings. The quantitative estimate of drug-likeness (QED) is 0.304. The highest BCUT2D eigenvalue weighted by Gasteiger charge is 2.43. The Balaban J connectivity index is 2.09. The van der Waals surface area contributed by atoms with Gasteiger partial charge in [0, 0.05) is 11.6 Å². The number of thioether (sulfide) groups is 1. The lowest BCUT2D eigenvalue weighted by molar-refractivity contribution is -0.387. The molecule has 1 saturated carbocycles. The van der Waals surface area contributed by atoms with E-state index in [4.69, 9.17) is 10.5 Å². The number of methoxy groups -OCH3 is 1. The summed E-state index contributed by atoms with van der Waals surface area (Å²) in [6, 6.07) is 3.84. The summed E-state index contributed by atoms with van der Waals surface area (Å²) in [4.78, 5) is 46.8. The maximum Gasteiger partial charge on any atom is 0.331 e. The first kappa shape index (κ1) is 21.7. The van der Waals surface area contributed by atoms with Crippen molar-refractivity contribution < 1.29 is 24.0 Å². The second kappa shape index (κ2) is 9.05. The molecule has 28 heavy (non-hydrogen) atoms. The van der Waals surface area contributed by atoms with E-state index in [2.05, 4.69) is 12.2 Å². The molecule has 0 aromatic heterocycles. The Morgan fingerprint density at radius 1 is 1.36 bits per heavy atom. The number of nitrogens with zero attached hydrogens (tertiary/aromatic N) is 1. The number of primary amides is 1. The number of hydrogen-bond acceptors (Lipinski definition) is 7. The summed E-state index contributed by atoms with van der Waals surface area (Å²) >= 11 is 0.953. The van der Waals surface area contributed by atoms with E-state index in [9.17, 15) is 24.5 Å². The molecule has 9 nitrogen and oxygen atoms in total. The Morgan fingerprint density at radius 3 is 2.54 bits per heavy atom. The molecule has 0 bridgehead atoms. The average Bonchev–Trinajstić information content (AvgIpc) is 2.67. The van der Waals surface area contributed by atoms with Crippen LogP contribution in [0.15, 0.2) is 23.1 Å². The number of ether oxygens (including phenoxy) is 1. The fourth-order valence-corrected chi connectivity index (χ4v) is 4.02. The van der Waals surface area contributed by atoms with Crippen LogP contribution in [0.2, 0.25) is 0 Å². The van der Waals surface area contributed by atoms with Crippen molar-refractivity contribution >= 4 is 35.2 Å². The van der Waals surface area contributed by atoms with Gasteiger partial charge in [-0.2, -0.15) is 0 Å². The Morgan fingerprint density at radius 2 is 2.00 bits per heavy atom. The van der Waals surface area contributed by atoms with Crippen LogP contribution in [0.25, 0.3) is 0 Å². The molecule has 1 fully saturated rings. The van der Waals surface area contributed by atoms with E-state index >= 15 is 0 Å². The number of hydrogen-bond donors (Lipinski definition) is 2. The highest BCUT2D eigenvalue weighted by Crippen LogP contribution is 2.34. The Labute approximate surface area is 166 Å². The van der Waals surface area contributed by atoms with Gasteiger partial charge in [0.25, 0.3) is 5.69 Å². The molecule has 10 heteroatoms. The van der Waals surface area contributed by atoms with E-state index in [1.165, 1.54) is 19.2 Å². The number of nitro groups is 1. The minimum absolute atomic E-state index is 0.0153. The molecule has 152 valence electrons. The van der Waals surface area contributed by atoms with Crippen LogP contribution >= 0.6 is 11.8 Å². The highest BCUT2D eigenvalue weighted by atomic mass is 32.2. The Bertz CT molecular complexity index is 790. The lowest BCUT2D eigenvalue weighted by Crippen LogP contribution is -2.57. The summed E-state index contributed by atoms with van der Waals surface area (Å²) in [6.07, 6.45) is 2.57. The van der Waals surface area contributed by atoms with Crippen molar-refractivity contribution in [1.29, 1.82) is 0 Å². The van der Waals surface area contributed by atoms with E-state index in [1.807, 2.05) is 0 Å². The van der Waals surface area contributed by atoms with Gasteiger partial charge >= 0.3 is 5.97 Å². The van der Waals surface area contributed by atoms with E-state index in [0.717, 1.165) is 30.7 Å². The van der Waals surface area contributed by atoms with Crippen molar-refractivity contribution in [3.63, 3.8) is 0 Å². The lowest BCUT2D eigenvalue weighted by Gasteiger charge is -2.37. The summed E-state index contributed by atoms with van der Waals surface area (Å²) in [6.45, 7) is 2.09. The van der Waals surface area contributed by atoms with E-state index in [-0.39, 0.29) is 21.9 Å². The molecular weight excluding hydrogens is 386 g/mol. The van der Waals surface area contributed by atoms with Gasteiger partial charge in [0.1, 0.15) is 5.54 Å². The zero-order valence-corrected chi connectivity index (χ0v) is 16.5. The first-order valence-electron chi connectivity index (χ1n) is 8.79. The summed E-state index contributed by atoms with van der Waals surface area (Å²) in [5.74, 6) is -1.32. The zero-order valence-electron chi connectivity index (χ0n) is 15.7. The predicted molar refractivity (Wildman–Crippen MR) is 103 cm³/mol. The van der Waals surface area contributed by atoms with Gasteiger partial charge in [-0.1, -0.05) is 6.92 Å². The second-order valence-electron chi connectivity index (χ2n) is 6.90. The number of esters is 1. The van der Waals surface area contributed by atoms with E-state index < -0.39 is 28.2 Å². The molecule has 0 radical (unpaired) electrons. The third-order valence-electron chi connectivity index (χ3n) is 4.88. The van der Waals surface area contributed by atoms with Gasteiger partial charge in [-0.3, -0.25) is 19.7 Å². The van der Waals surface area contributed by atoms with E-state index in [0.29, 0.717) is 18.8 Å². The van der Waals surface area contributed by atoms with Crippen LogP contribution < -0.4 is 11.1 Å². The first-order chi connectivity index (χ1) is 13.2. The van der Waals surface area contributed by atoms with Crippen LogP contribution in [0.3, 0.4) is 0 Å². The highest BCUT2D eigenvalue weighted by molar-refractivity contribution is 8.00. The van der Waals surface area contributed by atoms with Crippen molar-refractivity contribution in [2.45, 2.75) is 43.0 Å². The standard InChI is InChI=1S/C18H23N3O6S/c1-11-5-7-18(8-6-11,17(24)27-2)20-15(22)10-28-14-4-3-12(16(19)23)9-13(14)21(25)26/h3-4,9,11H,5-8,10H2,1-2H3,(H2,19,23)(H,20,22). The third-order valence-corrected chi connectivity index (χ3v) is 5.94. The number of amides is 2. The normalized spacial score (nSPS) is 21.6. The molecule has 2 amide bonds. The minimum Gasteiger partial charge on any atom is -0.467 e. The molecule has 0 atom stereocenters. The van der Waals surface area contributed by atoms with Crippen LogP contribution in [0.1, 0.15) is 43.0 Å². The topological polar surface area (TPSA) is 142 Å². The maximum absolute atomic E-state index is 12.5. The third kappa shape index (κ3) is 5.00. The van der Waals surface area contributed by atoms with Crippen LogP contribution in [-0.2, 0) is 14.3 Å². The fourth-order valence-electron chi connectivity index (χ4n) is 3.21. The van der Waals surface area contributed by atoms with Gasteiger partial charge in [-0.25, -0.2) is 4.79 Å². The maximum atomic E-state index is 12.5. The number of nitrogens with two attached hydrogens (primary N) is 1. The van der Waals surface area contributed by atoms with Gasteiger partial charge in [-0.15, -0.1) is 11.8 Å². The minimum atomic E-state index is -1.05. The molecule has 2 rings (SSSR count). The number of nitro benzene ring substituents is 1. The van der Waals surface area contributed by atoms with Gasteiger partial charge < -0.3 is 15.8 Å². The van der Waals surface area contributed by atoms with Gasteiger partial charge in [-0.05, 0) is 43.7 Å². The van der Waals surface area contributed by atoms with Crippen molar-refractivity contribution in [3.8, 4) is 0 Å². The van der Waals surface area contributed by atoms with Crippen LogP contribution in [0.5, 0.6) is 0 Å². The average molecular weight is 409 g/mol. The number of carbonyl (C=O) groups excluding carboxylic acids is 3. The largest absolute Gasteiger partial charge is 0.467 e. The van der Waals surface area contributed by atoms with Crippen LogP contribution in [0.4, 0.5) is 5.69 Å². The molecule has 1 aromatic carbocycles. The molecule has 0 saturated heterocycles. The zero-order chi connectivity index (χ0) is 20.9. The number of carbonyl (C=O) groups is 3. The Kier molecular flexibility index (Phi) is 7.00. The second-order valence-corrected chi connectivity index (χ2v) is 7.91. The SMILES string of the molecule is COC(=O)C1(NC(=O)CSc2ccc(C(N)=O)cc2[N+](=O)[O-])CCC(C)CC1. The number of benzene rings is 1. The van der Waals surface area contributed by atoms with Gasteiger partial charge in [0.05, 0.1) is 22.7 Å². The molecule has 1 aliphatic rings. The summed E-state index contributed by atoms with van der Waals surface area (Å²) in [5.41, 5.74) is 3.81. The molecule has 0 heterocycles. The van der Waals surface area contributed by atoms with Crippen molar-refractivity contribution in [1.82, 2.24) is 5.32 Å². The molecule has 1 aliphatic carbocycles. The fraction of sp³-hybridized carbons (Fsp3) is 0.500. The molecule has 0 unspecified atom stereocenters. The van der Waals surface area contributed by atoms with Crippen LogP contribution in [-0.4, -0.2) is 41.1 Å². The van der Waals surface area contributed by atoms with Gasteiger partial charge in [0.15, 0.2) is 0 Å². The van der Waals surface area contributed by atoms with Crippen molar-refractivity contribution in [2.24, 2.45) is 11.7 Å². The number of rotatable bonds is 7. The van der Waals surface area contributed by atoms with Crippen molar-refractivity contribution in [2.75, 3.05) is 12.9 Å². The van der Waals surface area contributed by atoms with Crippen LogP contribution in [0, 0.1) is 16.0 Å². The molecule has 0 aliphatic heterocycles. The monoisotopic (exact) mass is 409 g/mol. The predicted octanol–water partition coefficient (Wildman–Crippen LogP) is 2.02. The molecule has 3 N–H and O–H groups in total. The van der Waals surface area contributed by atoms with Gasteiger partial charge in [0.2, 0.25) is 11.8 Å². The summed E-state index contributed by atoms with van der Waals surface area (Å²) < 4.78 is 4.88.